The van der Waals surface area contributed by atoms with Gasteiger partial charge in [0, 0.05) is 35.0 Å². The van der Waals surface area contributed by atoms with Gasteiger partial charge >= 0.3 is 0 Å². The Bertz CT molecular complexity index is 1560. The first-order chi connectivity index (χ1) is 18.9. The quantitative estimate of drug-likeness (QED) is 0.314. The van der Waals surface area contributed by atoms with Crippen molar-refractivity contribution in [1.29, 1.82) is 0 Å². The molecule has 9 heteroatoms. The molecule has 1 aliphatic heterocycles. The predicted molar refractivity (Wildman–Crippen MR) is 150 cm³/mol. The first kappa shape index (κ1) is 25.8. The molecule has 1 aromatic heterocycles. The second-order valence-electron chi connectivity index (χ2n) is 9.47. The van der Waals surface area contributed by atoms with E-state index in [1.54, 1.807) is 22.9 Å². The molecule has 1 aliphatic rings. The number of fused-ring (bicyclic) bond motifs is 1. The van der Waals surface area contributed by atoms with Crippen molar-refractivity contribution in [3.8, 4) is 11.3 Å². The molecule has 0 saturated heterocycles. The summed E-state index contributed by atoms with van der Waals surface area (Å²) < 4.78 is 16.8. The Morgan fingerprint density at radius 3 is 2.51 bits per heavy atom. The van der Waals surface area contributed by atoms with Gasteiger partial charge in [0.25, 0.3) is 11.8 Å². The number of carbonyl (C=O) groups excluding carboxylic acids is 2. The van der Waals surface area contributed by atoms with Crippen molar-refractivity contribution in [2.75, 3.05) is 10.6 Å². The number of nitrogens with one attached hydrogen (secondary N) is 3. The highest BCUT2D eigenvalue weighted by Gasteiger charge is 2.29. The van der Waals surface area contributed by atoms with Gasteiger partial charge in [-0.1, -0.05) is 48.5 Å². The minimum Gasteiger partial charge on any atom is -0.383 e. The van der Waals surface area contributed by atoms with Crippen LogP contribution in [0.4, 0.5) is 15.8 Å². The van der Waals surface area contributed by atoms with Gasteiger partial charge in [-0.15, -0.1) is 0 Å². The van der Waals surface area contributed by atoms with Crippen molar-refractivity contribution in [2.45, 2.75) is 39.5 Å². The number of para-hydroxylation sites is 1. The fourth-order valence-corrected chi connectivity index (χ4v) is 4.59. The number of hydrogen-bond acceptors (Lipinski definition) is 5. The summed E-state index contributed by atoms with van der Waals surface area (Å²) in [6.45, 7) is 6.21. The number of benzene rings is 3. The molecule has 2 heterocycles. The van der Waals surface area contributed by atoms with Gasteiger partial charge in [-0.2, -0.15) is 5.10 Å². The highest BCUT2D eigenvalue weighted by molar-refractivity contribution is 6.20. The van der Waals surface area contributed by atoms with Crippen LogP contribution in [-0.4, -0.2) is 39.5 Å². The van der Waals surface area contributed by atoms with Gasteiger partial charge in [0.2, 0.25) is 6.17 Å². The molecule has 198 valence electrons. The van der Waals surface area contributed by atoms with E-state index in [9.17, 15) is 9.59 Å². The molecule has 0 unspecified atom stereocenters. The Balaban J connectivity index is 1.51. The summed E-state index contributed by atoms with van der Waals surface area (Å²) in [5.74, 6) is -1.56. The molecule has 4 aromatic rings. The number of halogens is 1. The van der Waals surface area contributed by atoms with Gasteiger partial charge in [-0.25, -0.2) is 9.38 Å². The van der Waals surface area contributed by atoms with E-state index in [0.29, 0.717) is 29.3 Å². The average Bonchev–Trinajstić information content (AvgIpc) is 3.29. The van der Waals surface area contributed by atoms with E-state index in [0.717, 1.165) is 11.1 Å². The smallest absolute Gasteiger partial charge is 0.269 e. The van der Waals surface area contributed by atoms with Crippen LogP contribution in [0.25, 0.3) is 11.3 Å². The number of carbonyl (C=O) groups is 2. The van der Waals surface area contributed by atoms with E-state index in [1.807, 2.05) is 69.3 Å². The molecule has 1 atom stereocenters. The molecule has 0 bridgehead atoms. The normalized spacial score (nSPS) is 14.7. The largest absolute Gasteiger partial charge is 0.383 e. The van der Waals surface area contributed by atoms with E-state index in [1.165, 1.54) is 12.3 Å². The maximum atomic E-state index is 15.3. The Labute approximate surface area is 226 Å². The molecule has 3 aromatic carbocycles. The predicted octanol–water partition coefficient (Wildman–Crippen LogP) is 5.08. The monoisotopic (exact) mass is 524 g/mol. The first-order valence-electron chi connectivity index (χ1n) is 12.8. The van der Waals surface area contributed by atoms with E-state index >= 15 is 4.39 Å². The summed E-state index contributed by atoms with van der Waals surface area (Å²) in [7, 11) is 0. The summed E-state index contributed by atoms with van der Waals surface area (Å²) in [6, 6.07) is 21.7. The Morgan fingerprint density at radius 1 is 1.05 bits per heavy atom. The van der Waals surface area contributed by atoms with Crippen molar-refractivity contribution < 1.29 is 14.0 Å². The maximum absolute atomic E-state index is 15.3. The van der Waals surface area contributed by atoms with E-state index in [4.69, 9.17) is 0 Å². The van der Waals surface area contributed by atoms with Crippen LogP contribution in [-0.2, 0) is 11.3 Å². The molecule has 8 nitrogen and oxygen atoms in total. The second kappa shape index (κ2) is 10.9. The van der Waals surface area contributed by atoms with Crippen LogP contribution < -0.4 is 16.0 Å². The fourth-order valence-electron chi connectivity index (χ4n) is 4.59. The van der Waals surface area contributed by atoms with Crippen molar-refractivity contribution in [2.24, 2.45) is 4.99 Å². The summed E-state index contributed by atoms with van der Waals surface area (Å²) >= 11 is 0. The summed E-state index contributed by atoms with van der Waals surface area (Å²) in [5.41, 5.74) is 4.05. The summed E-state index contributed by atoms with van der Waals surface area (Å²) in [5, 5.41) is 13.1. The molecule has 5 rings (SSSR count). The summed E-state index contributed by atoms with van der Waals surface area (Å²) in [6.07, 6.45) is 0.166. The van der Waals surface area contributed by atoms with Gasteiger partial charge < -0.3 is 16.0 Å². The molecule has 0 spiro atoms. The van der Waals surface area contributed by atoms with Crippen LogP contribution in [0.5, 0.6) is 0 Å². The molecule has 0 fully saturated rings. The Hall–Kier alpha value is -4.79. The molecule has 0 radical (unpaired) electrons. The third-order valence-corrected chi connectivity index (χ3v) is 6.32. The molecular weight excluding hydrogens is 495 g/mol. The van der Waals surface area contributed by atoms with E-state index in [-0.39, 0.29) is 17.2 Å². The SMILES string of the molecule is CCn1ncc(C(=O)N[C@H]2N=C(c3ccccc3)c3ccccc3NC2=O)c1-c1ccc(NC(C)C)cc1F. The molecule has 0 aliphatic carbocycles. The van der Waals surface area contributed by atoms with Crippen LogP contribution in [0.3, 0.4) is 0 Å². The lowest BCUT2D eigenvalue weighted by Crippen LogP contribution is -2.42. The van der Waals surface area contributed by atoms with Crippen LogP contribution in [0.15, 0.2) is 84.0 Å². The van der Waals surface area contributed by atoms with Gasteiger partial charge in [-0.05, 0) is 45.0 Å². The number of benzodiazepines with no additional fused rings is 1. The number of aliphatic imine (C=N–C) groups is 1. The van der Waals surface area contributed by atoms with Gasteiger partial charge in [0.1, 0.15) is 5.82 Å². The van der Waals surface area contributed by atoms with E-state index < -0.39 is 23.8 Å². The number of aryl methyl sites for hydroxylation is 1. The average molecular weight is 525 g/mol. The highest BCUT2D eigenvalue weighted by Crippen LogP contribution is 2.29. The fraction of sp³-hybridized carbons (Fsp3) is 0.200. The molecule has 39 heavy (non-hydrogen) atoms. The number of anilines is 2. The molecule has 3 N–H and O–H groups in total. The number of rotatable bonds is 7. The minimum atomic E-state index is -1.22. The highest BCUT2D eigenvalue weighted by atomic mass is 19.1. The lowest BCUT2D eigenvalue weighted by molar-refractivity contribution is -0.117. The summed E-state index contributed by atoms with van der Waals surface area (Å²) in [4.78, 5) is 31.5. The van der Waals surface area contributed by atoms with E-state index in [2.05, 4.69) is 26.0 Å². The zero-order chi connectivity index (χ0) is 27.5. The van der Waals surface area contributed by atoms with Crippen molar-refractivity contribution in [1.82, 2.24) is 15.1 Å². The number of aromatic nitrogens is 2. The van der Waals surface area contributed by atoms with Crippen LogP contribution in [0.1, 0.15) is 42.3 Å². The van der Waals surface area contributed by atoms with Crippen LogP contribution >= 0.6 is 0 Å². The first-order valence-corrected chi connectivity index (χ1v) is 12.8. The molecule has 2 amide bonds. The molecular formula is C30H29FN6O2. The van der Waals surface area contributed by atoms with Gasteiger partial charge in [0.15, 0.2) is 0 Å². The molecule has 0 saturated carbocycles. The third-order valence-electron chi connectivity index (χ3n) is 6.32. The van der Waals surface area contributed by atoms with Gasteiger partial charge in [-0.3, -0.25) is 14.3 Å². The number of amides is 2. The Morgan fingerprint density at radius 2 is 1.79 bits per heavy atom. The number of hydrogen-bond donors (Lipinski definition) is 3. The lowest BCUT2D eigenvalue weighted by Gasteiger charge is -2.15. The number of nitrogens with zero attached hydrogens (tertiary/aromatic N) is 3. The second-order valence-corrected chi connectivity index (χ2v) is 9.47. The van der Waals surface area contributed by atoms with Crippen molar-refractivity contribution in [3.63, 3.8) is 0 Å². The van der Waals surface area contributed by atoms with Crippen molar-refractivity contribution in [3.05, 3.63) is 102 Å². The topological polar surface area (TPSA) is 100 Å². The third kappa shape index (κ3) is 5.29. The Kier molecular flexibility index (Phi) is 7.23. The van der Waals surface area contributed by atoms with Crippen LogP contribution in [0, 0.1) is 5.82 Å². The van der Waals surface area contributed by atoms with Gasteiger partial charge in [0.05, 0.1) is 28.9 Å². The van der Waals surface area contributed by atoms with Crippen LogP contribution in [0.2, 0.25) is 0 Å². The zero-order valence-corrected chi connectivity index (χ0v) is 21.9. The zero-order valence-electron chi connectivity index (χ0n) is 21.9. The van der Waals surface area contributed by atoms with Crippen molar-refractivity contribution >= 4 is 28.9 Å². The standard InChI is InChI=1S/C30H29FN6O2/c1-4-37-27(21-15-14-20(16-24(21)31)33-18(2)3)23(17-32-37)29(38)36-28-30(39)34-25-13-9-8-12-22(25)26(35-28)19-10-6-5-7-11-19/h5-18,28,33H,4H2,1-3H3,(H,34,39)(H,36,38)/t28-/m1/s1. The minimum absolute atomic E-state index is 0.135. The maximum Gasteiger partial charge on any atom is 0.269 e. The lowest BCUT2D eigenvalue weighted by atomic mass is 10.0.